The van der Waals surface area contributed by atoms with Gasteiger partial charge in [-0.1, -0.05) is 49.2 Å². The van der Waals surface area contributed by atoms with E-state index in [1.165, 1.54) is 36.8 Å². The van der Waals surface area contributed by atoms with Gasteiger partial charge in [0, 0.05) is 18.0 Å². The molecule has 28 heavy (non-hydrogen) atoms. The van der Waals surface area contributed by atoms with E-state index < -0.39 is 6.10 Å². The number of rotatable bonds is 3. The molecule has 0 amide bonds. The van der Waals surface area contributed by atoms with Gasteiger partial charge in [0.2, 0.25) is 0 Å². The predicted molar refractivity (Wildman–Crippen MR) is 114 cm³/mol. The van der Waals surface area contributed by atoms with Crippen molar-refractivity contribution in [3.05, 3.63) is 65.2 Å². The summed E-state index contributed by atoms with van der Waals surface area (Å²) in [6.45, 7) is 1.76. The molecule has 3 nitrogen and oxygen atoms in total. The van der Waals surface area contributed by atoms with Crippen molar-refractivity contribution >= 4 is 12.4 Å². The molecule has 0 radical (unpaired) electrons. The third-order valence-corrected chi connectivity index (χ3v) is 7.53. The molecular formula is C24H30ClNO2. The molecular weight excluding hydrogens is 370 g/mol. The van der Waals surface area contributed by atoms with E-state index in [1.807, 2.05) is 36.4 Å². The summed E-state index contributed by atoms with van der Waals surface area (Å²) in [6, 6.07) is 16.6. The first kappa shape index (κ1) is 19.8. The van der Waals surface area contributed by atoms with Crippen LogP contribution in [0.15, 0.2) is 48.5 Å². The Morgan fingerprint density at radius 3 is 2.71 bits per heavy atom. The van der Waals surface area contributed by atoms with Crippen LogP contribution < -0.4 is 0 Å². The van der Waals surface area contributed by atoms with Gasteiger partial charge in [0.1, 0.15) is 5.75 Å². The van der Waals surface area contributed by atoms with Gasteiger partial charge in [0.05, 0.1) is 6.10 Å². The maximum absolute atomic E-state index is 10.8. The van der Waals surface area contributed by atoms with Crippen LogP contribution in [0.3, 0.4) is 0 Å². The summed E-state index contributed by atoms with van der Waals surface area (Å²) < 4.78 is 0. The van der Waals surface area contributed by atoms with E-state index >= 15 is 0 Å². The molecule has 1 aliphatic heterocycles. The van der Waals surface area contributed by atoms with E-state index in [1.54, 1.807) is 0 Å². The Morgan fingerprint density at radius 1 is 1.07 bits per heavy atom. The topological polar surface area (TPSA) is 43.7 Å². The maximum atomic E-state index is 10.8. The van der Waals surface area contributed by atoms with Crippen molar-refractivity contribution in [2.45, 2.75) is 56.1 Å². The van der Waals surface area contributed by atoms with Crippen molar-refractivity contribution in [3.8, 4) is 5.75 Å². The largest absolute Gasteiger partial charge is 0.508 e. The molecule has 2 fully saturated rings. The SMILES string of the molecule is Cl.Oc1ccc2c(c1)[C@@]13CCCC[C@H]1[C@@H](C2)N(CC(O)c1ccccc1)CC3. The molecule has 2 aromatic carbocycles. The summed E-state index contributed by atoms with van der Waals surface area (Å²) >= 11 is 0. The van der Waals surface area contributed by atoms with Gasteiger partial charge in [-0.3, -0.25) is 4.90 Å². The van der Waals surface area contributed by atoms with Crippen LogP contribution in [0.5, 0.6) is 5.75 Å². The number of hydrogen-bond acceptors (Lipinski definition) is 3. The van der Waals surface area contributed by atoms with Crippen molar-refractivity contribution in [3.63, 3.8) is 0 Å². The second-order valence-electron chi connectivity index (χ2n) is 8.79. The Labute approximate surface area is 173 Å². The molecule has 3 aliphatic rings. The summed E-state index contributed by atoms with van der Waals surface area (Å²) in [7, 11) is 0. The first-order valence-corrected chi connectivity index (χ1v) is 10.5. The molecule has 2 aliphatic carbocycles. The van der Waals surface area contributed by atoms with Gasteiger partial charge in [0.15, 0.2) is 0 Å². The number of fused-ring (bicyclic) bond motifs is 1. The molecule has 150 valence electrons. The van der Waals surface area contributed by atoms with E-state index in [2.05, 4.69) is 17.0 Å². The number of β-amino-alcohol motifs (C(OH)–C–C–N with tert-alkyl or cyclic N) is 1. The lowest BCUT2D eigenvalue weighted by atomic mass is 9.52. The van der Waals surface area contributed by atoms with Gasteiger partial charge >= 0.3 is 0 Å². The van der Waals surface area contributed by atoms with Crippen molar-refractivity contribution < 1.29 is 10.2 Å². The van der Waals surface area contributed by atoms with E-state index in [0.717, 1.165) is 24.9 Å². The monoisotopic (exact) mass is 399 g/mol. The third-order valence-electron chi connectivity index (χ3n) is 7.53. The summed E-state index contributed by atoms with van der Waals surface area (Å²) in [6.07, 6.45) is 6.90. The predicted octanol–water partition coefficient (Wildman–Crippen LogP) is 4.61. The molecule has 2 bridgehead atoms. The zero-order valence-corrected chi connectivity index (χ0v) is 17.1. The zero-order valence-electron chi connectivity index (χ0n) is 16.3. The minimum absolute atomic E-state index is 0. The second-order valence-corrected chi connectivity index (χ2v) is 8.79. The standard InChI is InChI=1S/C24H29NO2.ClH/c26-19-10-9-18-14-22-20-8-4-5-11-24(20,21(18)15-19)12-13-25(22)16-23(27)17-6-2-1-3-7-17;/h1-3,6-7,9-10,15,20,22-23,26-27H,4-5,8,11-14,16H2;1H/t20-,22+,23?,24+;/m0./s1. The first-order valence-electron chi connectivity index (χ1n) is 10.5. The Bertz CT molecular complexity index is 827. The normalized spacial score (nSPS) is 29.9. The van der Waals surface area contributed by atoms with Crippen LogP contribution in [0, 0.1) is 5.92 Å². The number of likely N-dealkylation sites (tertiary alicyclic amines) is 1. The number of aromatic hydroxyl groups is 1. The van der Waals surface area contributed by atoms with E-state index in [-0.39, 0.29) is 17.8 Å². The van der Waals surface area contributed by atoms with Gasteiger partial charge in [-0.05, 0) is 67.0 Å². The molecule has 2 N–H and O–H groups in total. The van der Waals surface area contributed by atoms with Crippen LogP contribution in [0.1, 0.15) is 54.9 Å². The molecule has 5 rings (SSSR count). The number of aliphatic hydroxyl groups is 1. The maximum Gasteiger partial charge on any atom is 0.115 e. The summed E-state index contributed by atoms with van der Waals surface area (Å²) in [5.41, 5.74) is 4.09. The van der Waals surface area contributed by atoms with Crippen LogP contribution in [-0.2, 0) is 11.8 Å². The van der Waals surface area contributed by atoms with Crippen molar-refractivity contribution in [1.82, 2.24) is 4.90 Å². The number of piperidine rings is 1. The van der Waals surface area contributed by atoms with Gasteiger partial charge in [-0.15, -0.1) is 12.4 Å². The average molecular weight is 400 g/mol. The molecule has 0 spiro atoms. The lowest BCUT2D eigenvalue weighted by Crippen LogP contribution is -2.61. The summed E-state index contributed by atoms with van der Waals surface area (Å²) in [5, 5.41) is 20.9. The fourth-order valence-corrected chi connectivity index (χ4v) is 6.30. The van der Waals surface area contributed by atoms with E-state index in [4.69, 9.17) is 0 Å². The molecule has 0 aromatic heterocycles. The number of phenols is 1. The van der Waals surface area contributed by atoms with Crippen LogP contribution in [0.25, 0.3) is 0 Å². The Hall–Kier alpha value is -1.55. The van der Waals surface area contributed by atoms with Crippen molar-refractivity contribution in [1.29, 1.82) is 0 Å². The number of aliphatic hydroxyl groups excluding tert-OH is 1. The smallest absolute Gasteiger partial charge is 0.115 e. The molecule has 1 unspecified atom stereocenters. The lowest BCUT2D eigenvalue weighted by molar-refractivity contribution is -0.0311. The van der Waals surface area contributed by atoms with Crippen LogP contribution in [0.2, 0.25) is 0 Å². The highest BCUT2D eigenvalue weighted by Crippen LogP contribution is 2.56. The minimum Gasteiger partial charge on any atom is -0.508 e. The van der Waals surface area contributed by atoms with Gasteiger partial charge < -0.3 is 10.2 Å². The average Bonchev–Trinajstić information content (AvgIpc) is 2.71. The van der Waals surface area contributed by atoms with Gasteiger partial charge in [-0.2, -0.15) is 0 Å². The number of hydrogen-bond donors (Lipinski definition) is 2. The summed E-state index contributed by atoms with van der Waals surface area (Å²) in [5.74, 6) is 1.06. The molecule has 1 saturated heterocycles. The minimum atomic E-state index is -0.427. The van der Waals surface area contributed by atoms with Crippen LogP contribution in [-0.4, -0.2) is 34.2 Å². The number of phenolic OH excluding ortho intramolecular Hbond substituents is 1. The molecule has 4 heteroatoms. The van der Waals surface area contributed by atoms with Crippen LogP contribution in [0.4, 0.5) is 0 Å². The highest BCUT2D eigenvalue weighted by atomic mass is 35.5. The molecule has 4 atom stereocenters. The highest BCUT2D eigenvalue weighted by molar-refractivity contribution is 5.85. The zero-order chi connectivity index (χ0) is 18.4. The van der Waals surface area contributed by atoms with E-state index in [0.29, 0.717) is 24.3 Å². The van der Waals surface area contributed by atoms with Crippen molar-refractivity contribution in [2.75, 3.05) is 13.1 Å². The van der Waals surface area contributed by atoms with Gasteiger partial charge in [0.25, 0.3) is 0 Å². The van der Waals surface area contributed by atoms with E-state index in [9.17, 15) is 10.2 Å². The van der Waals surface area contributed by atoms with Gasteiger partial charge in [-0.25, -0.2) is 0 Å². The second kappa shape index (κ2) is 7.70. The number of nitrogens with zero attached hydrogens (tertiary/aromatic N) is 1. The fourth-order valence-electron chi connectivity index (χ4n) is 6.30. The highest BCUT2D eigenvalue weighted by Gasteiger charge is 2.53. The van der Waals surface area contributed by atoms with Crippen LogP contribution >= 0.6 is 12.4 Å². The summed E-state index contributed by atoms with van der Waals surface area (Å²) in [4.78, 5) is 2.56. The molecule has 1 saturated carbocycles. The Morgan fingerprint density at radius 2 is 1.89 bits per heavy atom. The fraction of sp³-hybridized carbons (Fsp3) is 0.500. The first-order chi connectivity index (χ1) is 13.2. The lowest BCUT2D eigenvalue weighted by Gasteiger charge is -2.59. The van der Waals surface area contributed by atoms with Crippen molar-refractivity contribution in [2.24, 2.45) is 5.92 Å². The molecule has 2 aromatic rings. The Kier molecular flexibility index (Phi) is 5.43. The molecule has 1 heterocycles. The Balaban J connectivity index is 0.00000192. The third kappa shape index (κ3) is 3.14. The quantitative estimate of drug-likeness (QED) is 0.792. The number of benzene rings is 2. The number of halogens is 1.